The van der Waals surface area contributed by atoms with E-state index in [4.69, 9.17) is 11.5 Å². The summed E-state index contributed by atoms with van der Waals surface area (Å²) in [4.78, 5) is -0.355. The van der Waals surface area contributed by atoms with Gasteiger partial charge in [0, 0.05) is 13.1 Å². The predicted octanol–water partition coefficient (Wildman–Crippen LogP) is 0.700. The molecule has 11 heteroatoms. The Balaban J connectivity index is 0. The molecule has 0 heterocycles. The number of hydrogen-bond donors (Lipinski definition) is 2. The summed E-state index contributed by atoms with van der Waals surface area (Å²) in [5.74, 6) is 0. The van der Waals surface area contributed by atoms with Gasteiger partial charge in [-0.05, 0) is 38.1 Å². The van der Waals surface area contributed by atoms with Gasteiger partial charge in [0.15, 0.2) is 0 Å². The van der Waals surface area contributed by atoms with Gasteiger partial charge in [0.05, 0.1) is 9.79 Å². The van der Waals surface area contributed by atoms with Crippen molar-refractivity contribution < 1.29 is 47.0 Å². The van der Waals surface area contributed by atoms with Gasteiger partial charge in [-0.25, -0.2) is 16.8 Å². The largest absolute Gasteiger partial charge is 2.00 e. The van der Waals surface area contributed by atoms with Crippen LogP contribution in [0.3, 0.4) is 0 Å². The van der Waals surface area contributed by atoms with Crippen LogP contribution in [-0.2, 0) is 41.3 Å². The monoisotopic (exact) mass is 597 g/mol. The van der Waals surface area contributed by atoms with Crippen molar-refractivity contribution in [3.8, 4) is 0 Å². The van der Waals surface area contributed by atoms with Crippen molar-refractivity contribution >= 4 is 20.2 Å². The second-order valence-electron chi connectivity index (χ2n) is 5.11. The van der Waals surface area contributed by atoms with E-state index in [-0.39, 0.29) is 30.9 Å². The van der Waals surface area contributed by atoms with Crippen molar-refractivity contribution in [2.45, 2.75) is 23.6 Å². The first-order valence-corrected chi connectivity index (χ1v) is 10.2. The Labute approximate surface area is 174 Å². The van der Waals surface area contributed by atoms with Crippen LogP contribution in [0, 0.1) is 13.8 Å². The van der Waals surface area contributed by atoms with E-state index in [1.165, 1.54) is 24.3 Å². The third kappa shape index (κ3) is 12.8. The molecule has 0 spiro atoms. The zero-order chi connectivity index (χ0) is 20.4. The van der Waals surface area contributed by atoms with Crippen molar-refractivity contribution in [3.63, 3.8) is 0 Å². The molecule has 4 N–H and O–H groups in total. The van der Waals surface area contributed by atoms with E-state index in [9.17, 15) is 25.9 Å². The second-order valence-corrected chi connectivity index (χ2v) is 7.87. The van der Waals surface area contributed by atoms with Gasteiger partial charge < -0.3 is 20.6 Å². The van der Waals surface area contributed by atoms with Gasteiger partial charge in [0.1, 0.15) is 20.2 Å². The van der Waals surface area contributed by atoms with E-state index >= 15 is 0 Å². The van der Waals surface area contributed by atoms with Gasteiger partial charge in [0.2, 0.25) is 0 Å². The average Bonchev–Trinajstić information content (AvgIpc) is 2.55. The Hall–Kier alpha value is -1.13. The van der Waals surface area contributed by atoms with Crippen molar-refractivity contribution in [3.05, 3.63) is 59.7 Å². The quantitative estimate of drug-likeness (QED) is 0.488. The third-order valence-corrected chi connectivity index (χ3v) is 4.49. The fourth-order valence-corrected chi connectivity index (χ4v) is 2.35. The number of hydrogen-bond acceptors (Lipinski definition) is 8. The second kappa shape index (κ2) is 13.1. The number of rotatable bonds is 3. The molecule has 0 atom stereocenters. The molecule has 0 bridgehead atoms. The molecule has 0 aliphatic carbocycles. The van der Waals surface area contributed by atoms with Gasteiger partial charge in [-0.3, -0.25) is 0 Å². The first kappa shape index (κ1) is 28.1. The topological polar surface area (TPSA) is 166 Å². The van der Waals surface area contributed by atoms with E-state index in [0.717, 1.165) is 11.1 Å². The van der Waals surface area contributed by atoms with Gasteiger partial charge in [-0.1, -0.05) is 35.4 Å². The maximum atomic E-state index is 10.4. The van der Waals surface area contributed by atoms with Crippen LogP contribution in [0.25, 0.3) is 0 Å². The zero-order valence-electron chi connectivity index (χ0n) is 14.8. The van der Waals surface area contributed by atoms with Crippen LogP contribution in [0.2, 0.25) is 0 Å². The molecule has 0 saturated carbocycles. The fourth-order valence-electron chi connectivity index (χ4n) is 1.41. The van der Waals surface area contributed by atoms with Gasteiger partial charge >= 0.3 is 21.1 Å². The molecule has 2 aromatic carbocycles. The van der Waals surface area contributed by atoms with Crippen LogP contribution in [0.1, 0.15) is 11.1 Å². The summed E-state index contributed by atoms with van der Waals surface area (Å²) in [5, 5.41) is 0. The fraction of sp³-hybridized carbons (Fsp3) is 0.250. The Bertz CT molecular complexity index is 793. The number of nitrogens with two attached hydrogens (primary N) is 2. The van der Waals surface area contributed by atoms with Crippen LogP contribution in [0.15, 0.2) is 58.3 Å². The van der Waals surface area contributed by atoms with E-state index in [2.05, 4.69) is 0 Å². The molecule has 27 heavy (non-hydrogen) atoms. The van der Waals surface area contributed by atoms with Crippen LogP contribution in [0.5, 0.6) is 0 Å². The number of aryl methyl sites for hydroxylation is 2. The van der Waals surface area contributed by atoms with Gasteiger partial charge in [-0.2, -0.15) is 0 Å². The van der Waals surface area contributed by atoms with Crippen LogP contribution in [-0.4, -0.2) is 39.0 Å². The number of benzene rings is 2. The summed E-state index contributed by atoms with van der Waals surface area (Å²) in [6.07, 6.45) is 0. The summed E-state index contributed by atoms with van der Waals surface area (Å²) in [6.45, 7) is 4.84. The minimum atomic E-state index is -4.27. The van der Waals surface area contributed by atoms with Crippen LogP contribution in [0.4, 0.5) is 0 Å². The molecule has 0 amide bonds. The SMILES string of the molecule is Cc1ccc(S(=O)(=O)[O-])cc1.Cc1ccc(S(=O)(=O)[O-])cc1.NCCN.[Pt+2]. The molecule has 0 unspecified atom stereocenters. The molecule has 0 aliphatic heterocycles. The predicted molar refractivity (Wildman–Crippen MR) is 96.4 cm³/mol. The Kier molecular flexibility index (Phi) is 13.6. The summed E-state index contributed by atoms with van der Waals surface area (Å²) < 4.78 is 62.3. The van der Waals surface area contributed by atoms with Crippen molar-refractivity contribution in [1.82, 2.24) is 0 Å². The van der Waals surface area contributed by atoms with Gasteiger partial charge in [0.25, 0.3) is 0 Å². The molecule has 2 aromatic rings. The summed E-state index contributed by atoms with van der Waals surface area (Å²) in [7, 11) is -8.54. The zero-order valence-corrected chi connectivity index (χ0v) is 18.7. The molecule has 0 aromatic heterocycles. The van der Waals surface area contributed by atoms with Gasteiger partial charge in [-0.15, -0.1) is 0 Å². The first-order chi connectivity index (χ1) is 11.9. The summed E-state index contributed by atoms with van der Waals surface area (Å²) in [5.41, 5.74) is 11.7. The molecule has 154 valence electrons. The van der Waals surface area contributed by atoms with E-state index in [1.54, 1.807) is 24.3 Å². The smallest absolute Gasteiger partial charge is 0.744 e. The molecular weight excluding hydrogens is 575 g/mol. The van der Waals surface area contributed by atoms with E-state index in [1.807, 2.05) is 13.8 Å². The summed E-state index contributed by atoms with van der Waals surface area (Å²) >= 11 is 0. The molecule has 2 rings (SSSR count). The molecule has 0 fully saturated rings. The molecule has 0 radical (unpaired) electrons. The van der Waals surface area contributed by atoms with Crippen LogP contribution >= 0.6 is 0 Å². The Morgan fingerprint density at radius 3 is 1.04 bits per heavy atom. The van der Waals surface area contributed by atoms with E-state index in [0.29, 0.717) is 13.1 Å². The normalized spacial score (nSPS) is 10.4. The standard InChI is InChI=1S/2C7H8O3S.C2H8N2.Pt/c2*1-6-2-4-7(5-3-6)11(8,9)10;3-1-2-4;/h2*2-5H,1H3,(H,8,9,10);1-4H2;/q;;;+2/p-2. The Morgan fingerprint density at radius 2 is 0.889 bits per heavy atom. The average molecular weight is 598 g/mol. The van der Waals surface area contributed by atoms with Crippen molar-refractivity contribution in [1.29, 1.82) is 0 Å². The van der Waals surface area contributed by atoms with Crippen molar-refractivity contribution in [2.75, 3.05) is 13.1 Å². The minimum absolute atomic E-state index is 0. The molecule has 0 saturated heterocycles. The van der Waals surface area contributed by atoms with E-state index < -0.39 is 20.2 Å². The molecule has 0 aliphatic rings. The molecule has 8 nitrogen and oxygen atoms in total. The Morgan fingerprint density at radius 1 is 0.667 bits per heavy atom. The van der Waals surface area contributed by atoms with Crippen LogP contribution < -0.4 is 11.5 Å². The summed E-state index contributed by atoms with van der Waals surface area (Å²) in [6, 6.07) is 11.6. The third-order valence-electron chi connectivity index (χ3n) is 2.79. The first-order valence-electron chi connectivity index (χ1n) is 7.37. The van der Waals surface area contributed by atoms with Crippen molar-refractivity contribution in [2.24, 2.45) is 11.5 Å². The molecular formula is C16H22N2O6PtS2. The maximum absolute atomic E-state index is 10.4. The minimum Gasteiger partial charge on any atom is -0.744 e. The maximum Gasteiger partial charge on any atom is 2.00 e.